The first-order valence-electron chi connectivity index (χ1n) is 14.1. The molecular formula is C30H52N3O+. The van der Waals surface area contributed by atoms with E-state index in [0.29, 0.717) is 4.48 Å². The van der Waals surface area contributed by atoms with Gasteiger partial charge in [0.25, 0.3) is 5.91 Å². The van der Waals surface area contributed by atoms with Crippen LogP contribution in [-0.4, -0.2) is 49.1 Å². The number of nitrogens with zero attached hydrogens (tertiary/aromatic N) is 1. The molecule has 1 unspecified atom stereocenters. The maximum absolute atomic E-state index is 13.0. The van der Waals surface area contributed by atoms with Gasteiger partial charge < -0.3 is 14.8 Å². The van der Waals surface area contributed by atoms with Crippen molar-refractivity contribution in [1.82, 2.24) is 10.3 Å². The summed E-state index contributed by atoms with van der Waals surface area (Å²) >= 11 is 0. The molecule has 0 aliphatic rings. The number of carbonyl (C=O) groups excluding carboxylic acids is 1. The third-order valence-electron chi connectivity index (χ3n) is 7.16. The molecule has 0 fully saturated rings. The van der Waals surface area contributed by atoms with Crippen LogP contribution in [0.3, 0.4) is 0 Å². The third-order valence-corrected chi connectivity index (χ3v) is 7.16. The highest BCUT2D eigenvalue weighted by molar-refractivity contribution is 5.85. The van der Waals surface area contributed by atoms with Gasteiger partial charge >= 0.3 is 0 Å². The van der Waals surface area contributed by atoms with E-state index in [4.69, 9.17) is 0 Å². The van der Waals surface area contributed by atoms with Crippen LogP contribution < -0.4 is 5.32 Å². The van der Waals surface area contributed by atoms with Gasteiger partial charge in [-0.15, -0.1) is 0 Å². The zero-order valence-corrected chi connectivity index (χ0v) is 22.6. The largest absolute Gasteiger partial charge is 0.361 e. The first kappa shape index (κ1) is 28.4. The molecule has 2 rings (SSSR count). The van der Waals surface area contributed by atoms with Crippen molar-refractivity contribution in [3.05, 3.63) is 36.0 Å². The Morgan fingerprint density at radius 2 is 1.35 bits per heavy atom. The first-order valence-corrected chi connectivity index (χ1v) is 14.1. The van der Waals surface area contributed by atoms with Gasteiger partial charge in [0.05, 0.1) is 21.1 Å². The fraction of sp³-hybridized carbons (Fsp3) is 0.700. The predicted octanol–water partition coefficient (Wildman–Crippen LogP) is 7.38. The van der Waals surface area contributed by atoms with Crippen LogP contribution in [0.5, 0.6) is 0 Å². The number of aromatic nitrogens is 1. The lowest BCUT2D eigenvalue weighted by molar-refractivity contribution is -0.886. The fourth-order valence-corrected chi connectivity index (χ4v) is 4.88. The van der Waals surface area contributed by atoms with Gasteiger partial charge in [0.1, 0.15) is 0 Å². The summed E-state index contributed by atoms with van der Waals surface area (Å²) in [7, 11) is 6.35. The van der Waals surface area contributed by atoms with Crippen molar-refractivity contribution < 1.29 is 9.28 Å². The molecule has 0 saturated heterocycles. The summed E-state index contributed by atoms with van der Waals surface area (Å²) in [5.74, 6) is 0.174. The van der Waals surface area contributed by atoms with Crippen molar-refractivity contribution in [1.29, 1.82) is 0 Å². The number of amides is 1. The van der Waals surface area contributed by atoms with Crippen molar-refractivity contribution in [2.24, 2.45) is 0 Å². The number of para-hydroxylation sites is 1. The van der Waals surface area contributed by atoms with Gasteiger partial charge in [-0.25, -0.2) is 0 Å². The topological polar surface area (TPSA) is 44.9 Å². The molecule has 0 bridgehead atoms. The van der Waals surface area contributed by atoms with E-state index < -0.39 is 0 Å². The number of nitrogens with one attached hydrogen (secondary N) is 2. The molecule has 4 heteroatoms. The number of aromatic amines is 1. The fourth-order valence-electron chi connectivity index (χ4n) is 4.88. The van der Waals surface area contributed by atoms with Gasteiger partial charge in [-0.3, -0.25) is 4.79 Å². The molecule has 2 N–H and O–H groups in total. The normalized spacial score (nSPS) is 12.8. The number of hydrogen-bond acceptors (Lipinski definition) is 1. The maximum atomic E-state index is 13.0. The lowest BCUT2D eigenvalue weighted by Gasteiger charge is -2.33. The van der Waals surface area contributed by atoms with E-state index >= 15 is 0 Å². The second kappa shape index (κ2) is 16.0. The van der Waals surface area contributed by atoms with Crippen LogP contribution in [0.25, 0.3) is 10.9 Å². The first-order chi connectivity index (χ1) is 16.4. The SMILES string of the molecule is CCCCCCCCCCCCCCCCNC(=O)C(Cc1c[nH]c2ccccc12)[N+](C)(C)C. The Balaban J connectivity index is 1.56. The van der Waals surface area contributed by atoms with Crippen molar-refractivity contribution in [3.63, 3.8) is 0 Å². The van der Waals surface area contributed by atoms with Crippen LogP contribution >= 0.6 is 0 Å². The van der Waals surface area contributed by atoms with Crippen LogP contribution in [0.2, 0.25) is 0 Å². The Kier molecular flexibility index (Phi) is 13.4. The van der Waals surface area contributed by atoms with E-state index in [0.717, 1.165) is 24.9 Å². The number of likely N-dealkylation sites (N-methyl/N-ethyl adjacent to an activating group) is 1. The summed E-state index contributed by atoms with van der Waals surface area (Å²) in [6.45, 7) is 3.08. The Labute approximate surface area is 209 Å². The minimum absolute atomic E-state index is 0.0918. The zero-order chi connectivity index (χ0) is 24.7. The molecule has 1 aromatic heterocycles. The van der Waals surface area contributed by atoms with E-state index in [2.05, 4.69) is 62.8 Å². The predicted molar refractivity (Wildman–Crippen MR) is 147 cm³/mol. The molecule has 1 atom stereocenters. The molecular weight excluding hydrogens is 418 g/mol. The Morgan fingerprint density at radius 3 is 1.91 bits per heavy atom. The van der Waals surface area contributed by atoms with Gasteiger partial charge in [-0.2, -0.15) is 0 Å². The van der Waals surface area contributed by atoms with Gasteiger partial charge in [0, 0.05) is 30.1 Å². The highest BCUT2D eigenvalue weighted by Gasteiger charge is 2.32. The summed E-state index contributed by atoms with van der Waals surface area (Å²) in [5, 5.41) is 4.45. The molecule has 0 saturated carbocycles. The van der Waals surface area contributed by atoms with Crippen LogP contribution in [0.15, 0.2) is 30.5 Å². The zero-order valence-electron chi connectivity index (χ0n) is 22.6. The van der Waals surface area contributed by atoms with Crippen LogP contribution in [0, 0.1) is 0 Å². The van der Waals surface area contributed by atoms with E-state index in [1.807, 2.05) is 6.07 Å². The molecule has 0 aliphatic carbocycles. The quantitative estimate of drug-likeness (QED) is 0.163. The Bertz CT molecular complexity index is 805. The molecule has 0 radical (unpaired) electrons. The standard InChI is InChI=1S/C30H51N3O/c1-5-6-7-8-9-10-11-12-13-14-15-16-17-20-23-31-30(34)29(33(2,3)4)24-26-25-32-28-22-19-18-21-27(26)28/h18-19,21-22,25,29,32H,5-17,20,23-24H2,1-4H3/p+1. The molecule has 1 amide bonds. The van der Waals surface area contributed by atoms with E-state index in [-0.39, 0.29) is 11.9 Å². The molecule has 1 heterocycles. The van der Waals surface area contributed by atoms with Crippen molar-refractivity contribution in [3.8, 4) is 0 Å². The van der Waals surface area contributed by atoms with Crippen LogP contribution in [0.1, 0.15) is 102 Å². The van der Waals surface area contributed by atoms with Crippen molar-refractivity contribution in [2.45, 2.75) is 109 Å². The molecule has 2 aromatic rings. The second-order valence-electron chi connectivity index (χ2n) is 11.1. The minimum atomic E-state index is -0.0918. The summed E-state index contributed by atoms with van der Waals surface area (Å²) in [4.78, 5) is 16.4. The van der Waals surface area contributed by atoms with Crippen molar-refractivity contribution >= 4 is 16.8 Å². The van der Waals surface area contributed by atoms with E-state index in [1.165, 1.54) is 94.4 Å². The molecule has 0 spiro atoms. The highest BCUT2D eigenvalue weighted by atomic mass is 16.2. The number of H-pyrrole nitrogens is 1. The number of quaternary nitrogens is 1. The molecule has 1 aromatic carbocycles. The number of rotatable bonds is 19. The molecule has 0 aliphatic heterocycles. The highest BCUT2D eigenvalue weighted by Crippen LogP contribution is 2.21. The Hall–Kier alpha value is -1.81. The number of benzene rings is 1. The third kappa shape index (κ3) is 10.6. The summed E-state index contributed by atoms with van der Waals surface area (Å²) < 4.78 is 0.629. The van der Waals surface area contributed by atoms with Gasteiger partial charge in [0.15, 0.2) is 6.04 Å². The summed E-state index contributed by atoms with van der Waals surface area (Å²) in [6.07, 6.45) is 21.8. The number of unbranched alkanes of at least 4 members (excludes halogenated alkanes) is 13. The minimum Gasteiger partial charge on any atom is -0.361 e. The second-order valence-corrected chi connectivity index (χ2v) is 11.1. The average Bonchev–Trinajstić information content (AvgIpc) is 3.22. The lowest BCUT2D eigenvalue weighted by Crippen LogP contribution is -2.55. The van der Waals surface area contributed by atoms with Gasteiger partial charge in [0.2, 0.25) is 0 Å². The monoisotopic (exact) mass is 470 g/mol. The van der Waals surface area contributed by atoms with E-state index in [9.17, 15) is 4.79 Å². The van der Waals surface area contributed by atoms with Gasteiger partial charge in [-0.1, -0.05) is 109 Å². The number of hydrogen-bond donors (Lipinski definition) is 2. The van der Waals surface area contributed by atoms with Gasteiger partial charge in [-0.05, 0) is 18.1 Å². The molecule has 4 nitrogen and oxygen atoms in total. The molecule has 34 heavy (non-hydrogen) atoms. The van der Waals surface area contributed by atoms with Crippen LogP contribution in [0.4, 0.5) is 0 Å². The van der Waals surface area contributed by atoms with Crippen molar-refractivity contribution in [2.75, 3.05) is 27.7 Å². The Morgan fingerprint density at radius 1 is 0.824 bits per heavy atom. The average molecular weight is 471 g/mol. The number of carbonyl (C=O) groups is 1. The summed E-state index contributed by atoms with van der Waals surface area (Å²) in [6, 6.07) is 8.25. The smallest absolute Gasteiger partial charge is 0.278 e. The summed E-state index contributed by atoms with van der Waals surface area (Å²) in [5.41, 5.74) is 2.36. The van der Waals surface area contributed by atoms with Crippen LogP contribution in [-0.2, 0) is 11.2 Å². The lowest BCUT2D eigenvalue weighted by atomic mass is 10.0. The maximum Gasteiger partial charge on any atom is 0.278 e. The number of fused-ring (bicyclic) bond motifs is 1. The molecule has 192 valence electrons. The van der Waals surface area contributed by atoms with E-state index in [1.54, 1.807) is 0 Å².